The van der Waals surface area contributed by atoms with E-state index in [0.717, 1.165) is 18.5 Å². The van der Waals surface area contributed by atoms with Gasteiger partial charge in [0.2, 0.25) is 0 Å². The van der Waals surface area contributed by atoms with E-state index in [1.54, 1.807) is 22.8 Å². The van der Waals surface area contributed by atoms with E-state index in [-0.39, 0.29) is 11.5 Å². The maximum atomic E-state index is 12.9. The van der Waals surface area contributed by atoms with Crippen LogP contribution in [0.4, 0.5) is 5.69 Å². The van der Waals surface area contributed by atoms with Crippen LogP contribution in [-0.2, 0) is 13.0 Å². The maximum absolute atomic E-state index is 12.9. The summed E-state index contributed by atoms with van der Waals surface area (Å²) in [6, 6.07) is 6.27. The molecule has 3 rings (SSSR count). The van der Waals surface area contributed by atoms with Crippen molar-refractivity contribution in [1.82, 2.24) is 4.57 Å². The Hall–Kier alpha value is -1.98. The van der Waals surface area contributed by atoms with Crippen LogP contribution in [0.3, 0.4) is 0 Å². The molecular formula is C18H18Cl2N2O3. The largest absolute Gasteiger partial charge is 0.493 e. The Balaban J connectivity index is 2.03. The number of carbonyl (C=O) groups is 1. The van der Waals surface area contributed by atoms with Gasteiger partial charge >= 0.3 is 0 Å². The molecule has 7 heteroatoms. The Labute approximate surface area is 155 Å². The molecule has 1 aliphatic heterocycles. The molecule has 0 bridgehead atoms. The van der Waals surface area contributed by atoms with Crippen molar-refractivity contribution in [1.29, 1.82) is 0 Å². The zero-order chi connectivity index (χ0) is 18.0. The number of fused-ring (bicyclic) bond motifs is 1. The van der Waals surface area contributed by atoms with Gasteiger partial charge in [-0.1, -0.05) is 23.2 Å². The summed E-state index contributed by atoms with van der Waals surface area (Å²) in [4.78, 5) is 25.2. The second-order valence-electron chi connectivity index (χ2n) is 5.79. The summed E-state index contributed by atoms with van der Waals surface area (Å²) in [5, 5.41) is 3.59. The van der Waals surface area contributed by atoms with Gasteiger partial charge < -0.3 is 14.6 Å². The minimum Gasteiger partial charge on any atom is -0.493 e. The van der Waals surface area contributed by atoms with E-state index in [1.165, 1.54) is 6.07 Å². The fraction of sp³-hybridized carbons (Fsp3) is 0.333. The van der Waals surface area contributed by atoms with Crippen molar-refractivity contribution in [2.45, 2.75) is 32.7 Å². The van der Waals surface area contributed by atoms with Gasteiger partial charge in [-0.3, -0.25) is 9.59 Å². The van der Waals surface area contributed by atoms with Crippen LogP contribution in [0, 0.1) is 0 Å². The quantitative estimate of drug-likeness (QED) is 0.866. The highest BCUT2D eigenvalue weighted by Crippen LogP contribution is 2.28. The highest BCUT2D eigenvalue weighted by Gasteiger charge is 2.24. The zero-order valence-electron chi connectivity index (χ0n) is 13.8. The molecule has 1 N–H and O–H groups in total. The summed E-state index contributed by atoms with van der Waals surface area (Å²) in [7, 11) is 0. The minimum atomic E-state index is -0.326. The molecule has 0 saturated heterocycles. The van der Waals surface area contributed by atoms with Gasteiger partial charge in [-0.25, -0.2) is 0 Å². The number of benzene rings is 1. The third-order valence-corrected chi connectivity index (χ3v) is 4.87. The lowest BCUT2D eigenvalue weighted by molar-refractivity contribution is 0.102. The number of carbonyl (C=O) groups excluding carboxylic acids is 1. The molecule has 1 aromatic heterocycles. The Kier molecular flexibility index (Phi) is 5.35. The SMILES string of the molecule is CCOc1cc(=O)n2c(c1C(=O)Nc1ccc(Cl)c(Cl)c1)CCCC2. The van der Waals surface area contributed by atoms with E-state index >= 15 is 0 Å². The van der Waals surface area contributed by atoms with Crippen LogP contribution in [-0.4, -0.2) is 17.1 Å². The fourth-order valence-corrected chi connectivity index (χ4v) is 3.32. The molecule has 2 aromatic rings. The minimum absolute atomic E-state index is 0.135. The molecular weight excluding hydrogens is 363 g/mol. The number of pyridine rings is 1. The molecule has 132 valence electrons. The Morgan fingerprint density at radius 1 is 1.24 bits per heavy atom. The lowest BCUT2D eigenvalue weighted by Crippen LogP contribution is -2.31. The number of hydrogen-bond donors (Lipinski definition) is 1. The van der Waals surface area contributed by atoms with E-state index in [1.807, 2.05) is 6.92 Å². The van der Waals surface area contributed by atoms with Crippen molar-refractivity contribution in [3.05, 3.63) is 55.9 Å². The summed E-state index contributed by atoms with van der Waals surface area (Å²) in [5.41, 5.74) is 1.53. The van der Waals surface area contributed by atoms with Crippen molar-refractivity contribution in [2.75, 3.05) is 11.9 Å². The summed E-state index contributed by atoms with van der Waals surface area (Å²) >= 11 is 11.9. The number of aromatic nitrogens is 1. The molecule has 5 nitrogen and oxygen atoms in total. The average molecular weight is 381 g/mol. The van der Waals surface area contributed by atoms with Gasteiger partial charge in [-0.2, -0.15) is 0 Å². The number of nitrogens with zero attached hydrogens (tertiary/aromatic N) is 1. The van der Waals surface area contributed by atoms with Gasteiger partial charge in [0.1, 0.15) is 11.3 Å². The third-order valence-electron chi connectivity index (χ3n) is 4.13. The van der Waals surface area contributed by atoms with Crippen LogP contribution in [0.25, 0.3) is 0 Å². The van der Waals surface area contributed by atoms with Crippen LogP contribution in [0.2, 0.25) is 10.0 Å². The summed E-state index contributed by atoms with van der Waals surface area (Å²) in [6.45, 7) is 2.81. The molecule has 1 aromatic carbocycles. The highest BCUT2D eigenvalue weighted by molar-refractivity contribution is 6.42. The highest BCUT2D eigenvalue weighted by atomic mass is 35.5. The third kappa shape index (κ3) is 3.67. The number of anilines is 1. The van der Waals surface area contributed by atoms with Crippen LogP contribution in [0.5, 0.6) is 5.75 Å². The number of halogens is 2. The number of hydrogen-bond acceptors (Lipinski definition) is 3. The zero-order valence-corrected chi connectivity index (χ0v) is 15.3. The lowest BCUT2D eigenvalue weighted by atomic mass is 10.0. The van der Waals surface area contributed by atoms with E-state index in [4.69, 9.17) is 27.9 Å². The molecule has 0 spiro atoms. The van der Waals surface area contributed by atoms with Crippen LogP contribution in [0.1, 0.15) is 35.8 Å². The molecule has 0 aliphatic carbocycles. The molecule has 0 unspecified atom stereocenters. The van der Waals surface area contributed by atoms with Crippen molar-refractivity contribution in [2.24, 2.45) is 0 Å². The van der Waals surface area contributed by atoms with Crippen molar-refractivity contribution in [3.8, 4) is 5.75 Å². The van der Waals surface area contributed by atoms with Crippen LogP contribution in [0.15, 0.2) is 29.1 Å². The Morgan fingerprint density at radius 2 is 2.04 bits per heavy atom. The van der Waals surface area contributed by atoms with Crippen molar-refractivity contribution < 1.29 is 9.53 Å². The molecule has 25 heavy (non-hydrogen) atoms. The number of nitrogens with one attached hydrogen (secondary N) is 1. The van der Waals surface area contributed by atoms with E-state index in [2.05, 4.69) is 5.32 Å². The summed E-state index contributed by atoms with van der Waals surface area (Å²) in [5.74, 6) is -0.00861. The first-order chi connectivity index (χ1) is 12.0. The van der Waals surface area contributed by atoms with Crippen molar-refractivity contribution in [3.63, 3.8) is 0 Å². The lowest BCUT2D eigenvalue weighted by Gasteiger charge is -2.23. The fourth-order valence-electron chi connectivity index (χ4n) is 3.02. The monoisotopic (exact) mass is 380 g/mol. The first-order valence-corrected chi connectivity index (χ1v) is 8.92. The first kappa shape index (κ1) is 17.8. The van der Waals surface area contributed by atoms with E-state index in [0.29, 0.717) is 46.6 Å². The number of amides is 1. The van der Waals surface area contributed by atoms with Gasteiger partial charge in [0.05, 0.1) is 16.7 Å². The van der Waals surface area contributed by atoms with Gasteiger partial charge in [-0.15, -0.1) is 0 Å². The number of rotatable bonds is 4. The van der Waals surface area contributed by atoms with Gasteiger partial charge in [0.15, 0.2) is 0 Å². The summed E-state index contributed by atoms with van der Waals surface area (Å²) < 4.78 is 7.23. The summed E-state index contributed by atoms with van der Waals surface area (Å²) in [6.07, 6.45) is 2.52. The second kappa shape index (κ2) is 7.50. The van der Waals surface area contributed by atoms with Gasteiger partial charge in [0.25, 0.3) is 11.5 Å². The smallest absolute Gasteiger partial charge is 0.261 e. The molecule has 0 radical (unpaired) electrons. The van der Waals surface area contributed by atoms with E-state index < -0.39 is 0 Å². The first-order valence-electron chi connectivity index (χ1n) is 8.17. The standard InChI is InChI=1S/C18H18Cl2N2O3/c1-2-25-15-10-16(23)22-8-4-3-5-14(22)17(15)18(24)21-11-6-7-12(19)13(20)9-11/h6-7,9-10H,2-5,8H2,1H3,(H,21,24). The molecule has 0 saturated carbocycles. The molecule has 1 aliphatic rings. The Bertz CT molecular complexity index is 877. The molecule has 0 fully saturated rings. The topological polar surface area (TPSA) is 60.3 Å². The average Bonchev–Trinajstić information content (AvgIpc) is 2.59. The van der Waals surface area contributed by atoms with Crippen LogP contribution < -0.4 is 15.6 Å². The van der Waals surface area contributed by atoms with Gasteiger partial charge in [-0.05, 0) is 44.4 Å². The van der Waals surface area contributed by atoms with Crippen molar-refractivity contribution >= 4 is 34.8 Å². The van der Waals surface area contributed by atoms with Gasteiger partial charge in [0, 0.05) is 24.0 Å². The normalized spacial score (nSPS) is 13.2. The predicted octanol–water partition coefficient (Wildman–Crippen LogP) is 4.14. The number of ether oxygens (including phenoxy) is 1. The molecule has 1 amide bonds. The predicted molar refractivity (Wildman–Crippen MR) is 99.2 cm³/mol. The maximum Gasteiger partial charge on any atom is 0.261 e. The molecule has 2 heterocycles. The second-order valence-corrected chi connectivity index (χ2v) is 6.61. The van der Waals surface area contributed by atoms with Crippen LogP contribution >= 0.6 is 23.2 Å². The Morgan fingerprint density at radius 3 is 2.76 bits per heavy atom. The molecule has 0 atom stereocenters. The van der Waals surface area contributed by atoms with E-state index in [9.17, 15) is 9.59 Å².